The second kappa shape index (κ2) is 5.16. The summed E-state index contributed by atoms with van der Waals surface area (Å²) in [6, 6.07) is 19.3. The summed E-state index contributed by atoms with van der Waals surface area (Å²) in [4.78, 5) is 4.31. The van der Waals surface area contributed by atoms with Crippen LogP contribution in [0.4, 0.5) is 0 Å². The third kappa shape index (κ3) is 2.46. The van der Waals surface area contributed by atoms with Crippen LogP contribution in [0.1, 0.15) is 0 Å². The monoisotopic (exact) mass is 267 g/mol. The van der Waals surface area contributed by atoms with Gasteiger partial charge < -0.3 is 0 Å². The molecule has 2 aromatic carbocycles. The summed E-state index contributed by atoms with van der Waals surface area (Å²) >= 11 is 6.20. The first kappa shape index (κ1) is 11.8. The molecule has 0 aliphatic rings. The Labute approximate surface area is 115 Å². The van der Waals surface area contributed by atoms with E-state index in [1.807, 2.05) is 60.7 Å². The van der Waals surface area contributed by atoms with Crippen LogP contribution in [0.2, 0.25) is 5.15 Å². The van der Waals surface area contributed by atoms with E-state index in [4.69, 9.17) is 11.6 Å². The van der Waals surface area contributed by atoms with Crippen LogP contribution in [0, 0.1) is 0 Å². The molecule has 0 amide bonds. The van der Waals surface area contributed by atoms with Crippen molar-refractivity contribution in [2.75, 3.05) is 0 Å². The van der Waals surface area contributed by atoms with E-state index in [0.29, 0.717) is 16.7 Å². The standard InChI is InChI=1S/C15H10ClN3/c16-14-13(11-7-3-1-4-8-11)18-19-15(17-14)12-9-5-2-6-10-12/h1-10H. The Kier molecular flexibility index (Phi) is 3.21. The average Bonchev–Trinajstić information content (AvgIpc) is 2.49. The van der Waals surface area contributed by atoms with Crippen LogP contribution >= 0.6 is 11.6 Å². The van der Waals surface area contributed by atoms with E-state index in [1.165, 1.54) is 0 Å². The molecule has 3 aromatic rings. The first-order valence-corrected chi connectivity index (χ1v) is 6.23. The number of hydrogen-bond acceptors (Lipinski definition) is 3. The molecule has 3 nitrogen and oxygen atoms in total. The van der Waals surface area contributed by atoms with E-state index < -0.39 is 0 Å². The number of benzene rings is 2. The minimum atomic E-state index is 0.361. The molecule has 1 heterocycles. The zero-order chi connectivity index (χ0) is 13.1. The predicted molar refractivity (Wildman–Crippen MR) is 75.7 cm³/mol. The minimum Gasteiger partial charge on any atom is -0.212 e. The quantitative estimate of drug-likeness (QED) is 0.708. The predicted octanol–water partition coefficient (Wildman–Crippen LogP) is 3.86. The van der Waals surface area contributed by atoms with Crippen LogP contribution in [0.5, 0.6) is 0 Å². The number of aromatic nitrogens is 3. The van der Waals surface area contributed by atoms with E-state index in [2.05, 4.69) is 15.2 Å². The molecule has 0 spiro atoms. The van der Waals surface area contributed by atoms with Gasteiger partial charge in [-0.15, -0.1) is 10.2 Å². The second-order valence-electron chi connectivity index (χ2n) is 4.01. The maximum atomic E-state index is 6.20. The molecule has 19 heavy (non-hydrogen) atoms. The highest BCUT2D eigenvalue weighted by Gasteiger charge is 2.10. The topological polar surface area (TPSA) is 38.7 Å². The Morgan fingerprint density at radius 1 is 0.684 bits per heavy atom. The highest BCUT2D eigenvalue weighted by molar-refractivity contribution is 6.31. The fourth-order valence-corrected chi connectivity index (χ4v) is 2.02. The Morgan fingerprint density at radius 2 is 1.26 bits per heavy atom. The van der Waals surface area contributed by atoms with Crippen molar-refractivity contribution in [2.45, 2.75) is 0 Å². The lowest BCUT2D eigenvalue weighted by Crippen LogP contribution is -1.96. The molecule has 0 bridgehead atoms. The van der Waals surface area contributed by atoms with Crippen molar-refractivity contribution in [2.24, 2.45) is 0 Å². The number of hydrogen-bond donors (Lipinski definition) is 0. The summed E-state index contributed by atoms with van der Waals surface area (Å²) in [7, 11) is 0. The summed E-state index contributed by atoms with van der Waals surface area (Å²) in [5, 5.41) is 8.68. The maximum absolute atomic E-state index is 6.20. The molecule has 0 fully saturated rings. The average molecular weight is 268 g/mol. The minimum absolute atomic E-state index is 0.361. The lowest BCUT2D eigenvalue weighted by molar-refractivity contribution is 0.988. The molecule has 0 aliphatic heterocycles. The molecule has 0 aliphatic carbocycles. The third-order valence-corrected chi connectivity index (χ3v) is 2.99. The largest absolute Gasteiger partial charge is 0.212 e. The molecule has 92 valence electrons. The second-order valence-corrected chi connectivity index (χ2v) is 4.36. The Bertz CT molecular complexity index is 684. The van der Waals surface area contributed by atoms with E-state index in [0.717, 1.165) is 11.1 Å². The van der Waals surface area contributed by atoms with Crippen LogP contribution in [0.25, 0.3) is 22.6 Å². The molecule has 0 saturated heterocycles. The van der Waals surface area contributed by atoms with Gasteiger partial charge in [0.2, 0.25) is 0 Å². The van der Waals surface area contributed by atoms with Crippen molar-refractivity contribution >= 4 is 11.6 Å². The van der Waals surface area contributed by atoms with Crippen molar-refractivity contribution in [1.29, 1.82) is 0 Å². The molecule has 0 saturated carbocycles. The molecule has 0 unspecified atom stereocenters. The van der Waals surface area contributed by atoms with Gasteiger partial charge in [-0.1, -0.05) is 72.3 Å². The van der Waals surface area contributed by atoms with Crippen molar-refractivity contribution in [1.82, 2.24) is 15.2 Å². The normalized spacial score (nSPS) is 10.4. The molecule has 4 heteroatoms. The first-order chi connectivity index (χ1) is 9.34. The maximum Gasteiger partial charge on any atom is 0.183 e. The lowest BCUT2D eigenvalue weighted by Gasteiger charge is -2.04. The van der Waals surface area contributed by atoms with Gasteiger partial charge >= 0.3 is 0 Å². The lowest BCUT2D eigenvalue weighted by atomic mass is 10.2. The Morgan fingerprint density at radius 3 is 1.84 bits per heavy atom. The van der Waals surface area contributed by atoms with Gasteiger partial charge in [0.25, 0.3) is 0 Å². The van der Waals surface area contributed by atoms with Gasteiger partial charge in [0.1, 0.15) is 5.69 Å². The van der Waals surface area contributed by atoms with Crippen molar-refractivity contribution in [3.63, 3.8) is 0 Å². The molecule has 3 rings (SSSR count). The van der Waals surface area contributed by atoms with Gasteiger partial charge in [-0.05, 0) is 0 Å². The van der Waals surface area contributed by atoms with Crippen molar-refractivity contribution < 1.29 is 0 Å². The molecule has 1 aromatic heterocycles. The summed E-state index contributed by atoms with van der Waals surface area (Å²) in [5.74, 6) is 0.533. The molecule has 0 atom stereocenters. The van der Waals surface area contributed by atoms with Gasteiger partial charge in [0.15, 0.2) is 11.0 Å². The van der Waals surface area contributed by atoms with Crippen LogP contribution in [0.3, 0.4) is 0 Å². The summed E-state index contributed by atoms with van der Waals surface area (Å²) in [5.41, 5.74) is 2.41. The zero-order valence-corrected chi connectivity index (χ0v) is 10.7. The zero-order valence-electron chi connectivity index (χ0n) is 9.99. The number of halogens is 1. The van der Waals surface area contributed by atoms with E-state index in [-0.39, 0.29) is 0 Å². The highest BCUT2D eigenvalue weighted by Crippen LogP contribution is 2.25. The Balaban J connectivity index is 2.04. The van der Waals surface area contributed by atoms with Crippen LogP contribution in [0.15, 0.2) is 60.7 Å². The third-order valence-electron chi connectivity index (χ3n) is 2.72. The van der Waals surface area contributed by atoms with Gasteiger partial charge in [0.05, 0.1) is 0 Å². The SMILES string of the molecule is Clc1nc(-c2ccccc2)nnc1-c1ccccc1. The van der Waals surface area contributed by atoms with Crippen molar-refractivity contribution in [3.05, 3.63) is 65.8 Å². The van der Waals surface area contributed by atoms with Gasteiger partial charge in [0, 0.05) is 11.1 Å². The molecule has 0 radical (unpaired) electrons. The number of nitrogens with zero attached hydrogens (tertiary/aromatic N) is 3. The van der Waals surface area contributed by atoms with Gasteiger partial charge in [-0.2, -0.15) is 0 Å². The summed E-state index contributed by atoms with van der Waals surface area (Å²) in [6.45, 7) is 0. The fourth-order valence-electron chi connectivity index (χ4n) is 1.79. The molecule has 0 N–H and O–H groups in total. The van der Waals surface area contributed by atoms with Crippen LogP contribution < -0.4 is 0 Å². The molecular weight excluding hydrogens is 258 g/mol. The smallest absolute Gasteiger partial charge is 0.183 e. The van der Waals surface area contributed by atoms with E-state index in [1.54, 1.807) is 0 Å². The van der Waals surface area contributed by atoms with Gasteiger partial charge in [-0.3, -0.25) is 0 Å². The highest BCUT2D eigenvalue weighted by atomic mass is 35.5. The number of rotatable bonds is 2. The molecular formula is C15H10ClN3. The van der Waals surface area contributed by atoms with Crippen LogP contribution in [-0.2, 0) is 0 Å². The Hall–Kier alpha value is -2.26. The van der Waals surface area contributed by atoms with Crippen LogP contribution in [-0.4, -0.2) is 15.2 Å². The van der Waals surface area contributed by atoms with Crippen molar-refractivity contribution in [3.8, 4) is 22.6 Å². The van der Waals surface area contributed by atoms with E-state index >= 15 is 0 Å². The fraction of sp³-hybridized carbons (Fsp3) is 0. The van der Waals surface area contributed by atoms with E-state index in [9.17, 15) is 0 Å². The summed E-state index contributed by atoms with van der Waals surface area (Å²) in [6.07, 6.45) is 0. The summed E-state index contributed by atoms with van der Waals surface area (Å²) < 4.78 is 0. The first-order valence-electron chi connectivity index (χ1n) is 5.85. The van der Waals surface area contributed by atoms with Gasteiger partial charge in [-0.25, -0.2) is 4.98 Å².